The Kier molecular flexibility index (Phi) is 4.42. The van der Waals surface area contributed by atoms with Crippen molar-refractivity contribution in [1.29, 1.82) is 0 Å². The van der Waals surface area contributed by atoms with E-state index in [-0.39, 0.29) is 6.10 Å². The van der Waals surface area contributed by atoms with E-state index >= 15 is 0 Å². The average molecular weight is 212 g/mol. The maximum atomic E-state index is 9.72. The van der Waals surface area contributed by atoms with Crippen molar-refractivity contribution in [3.8, 4) is 0 Å². The Hall–Kier alpha value is -0.120. The third kappa shape index (κ3) is 3.44. The lowest BCUT2D eigenvalue weighted by Crippen LogP contribution is -2.36. The summed E-state index contributed by atoms with van der Waals surface area (Å²) in [6.07, 6.45) is 7.20. The van der Waals surface area contributed by atoms with Crippen LogP contribution in [0, 0.1) is 5.92 Å². The molecule has 3 atom stereocenters. The highest BCUT2D eigenvalue weighted by atomic mass is 16.3. The van der Waals surface area contributed by atoms with Gasteiger partial charge in [-0.3, -0.25) is 0 Å². The van der Waals surface area contributed by atoms with Gasteiger partial charge in [-0.2, -0.15) is 0 Å². The zero-order chi connectivity index (χ0) is 10.5. The summed E-state index contributed by atoms with van der Waals surface area (Å²) in [5.41, 5.74) is 0. The summed E-state index contributed by atoms with van der Waals surface area (Å²) in [5, 5.41) is 16.8. The normalized spacial score (nSPS) is 37.8. The first kappa shape index (κ1) is 11.4. The lowest BCUT2D eigenvalue weighted by Gasteiger charge is -2.20. The first-order valence-corrected chi connectivity index (χ1v) is 6.48. The van der Waals surface area contributed by atoms with Crippen LogP contribution >= 0.6 is 0 Å². The molecule has 3 heteroatoms. The van der Waals surface area contributed by atoms with E-state index in [9.17, 15) is 5.11 Å². The molecule has 1 aliphatic heterocycles. The Morgan fingerprint density at radius 2 is 2.00 bits per heavy atom. The highest BCUT2D eigenvalue weighted by molar-refractivity contribution is 4.81. The van der Waals surface area contributed by atoms with Gasteiger partial charge in [-0.05, 0) is 51.1 Å². The van der Waals surface area contributed by atoms with Gasteiger partial charge in [0.25, 0.3) is 0 Å². The smallest absolute Gasteiger partial charge is 0.0580 e. The van der Waals surface area contributed by atoms with Crippen LogP contribution < -0.4 is 10.6 Å². The molecule has 0 aromatic rings. The van der Waals surface area contributed by atoms with Crippen molar-refractivity contribution in [2.24, 2.45) is 5.92 Å². The third-order valence-electron chi connectivity index (χ3n) is 3.86. The highest BCUT2D eigenvalue weighted by Crippen LogP contribution is 2.25. The van der Waals surface area contributed by atoms with Crippen LogP contribution in [0.25, 0.3) is 0 Å². The number of aliphatic hydroxyl groups is 1. The van der Waals surface area contributed by atoms with Gasteiger partial charge in [0.1, 0.15) is 0 Å². The van der Waals surface area contributed by atoms with Crippen LogP contribution in [0.2, 0.25) is 0 Å². The third-order valence-corrected chi connectivity index (χ3v) is 3.86. The molecule has 1 saturated heterocycles. The largest absolute Gasteiger partial charge is 0.393 e. The Morgan fingerprint density at radius 3 is 2.80 bits per heavy atom. The van der Waals surface area contributed by atoms with E-state index in [4.69, 9.17) is 0 Å². The minimum Gasteiger partial charge on any atom is -0.393 e. The summed E-state index contributed by atoms with van der Waals surface area (Å²) < 4.78 is 0. The molecule has 3 unspecified atom stereocenters. The molecule has 1 aliphatic carbocycles. The van der Waals surface area contributed by atoms with E-state index < -0.39 is 0 Å². The summed E-state index contributed by atoms with van der Waals surface area (Å²) in [5.74, 6) is 0.515. The van der Waals surface area contributed by atoms with Crippen LogP contribution in [-0.2, 0) is 0 Å². The second-order valence-corrected chi connectivity index (χ2v) is 5.04. The molecule has 2 aliphatic rings. The number of nitrogens with one attached hydrogen (secondary N) is 2. The molecule has 15 heavy (non-hydrogen) atoms. The maximum absolute atomic E-state index is 9.72. The maximum Gasteiger partial charge on any atom is 0.0580 e. The Balaban J connectivity index is 1.67. The Morgan fingerprint density at radius 1 is 1.07 bits per heavy atom. The van der Waals surface area contributed by atoms with Gasteiger partial charge in [-0.25, -0.2) is 0 Å². The van der Waals surface area contributed by atoms with Crippen LogP contribution in [0.1, 0.15) is 38.5 Å². The number of rotatable bonds is 3. The topological polar surface area (TPSA) is 44.3 Å². The molecule has 2 rings (SSSR count). The van der Waals surface area contributed by atoms with Crippen LogP contribution in [0.3, 0.4) is 0 Å². The van der Waals surface area contributed by atoms with Crippen molar-refractivity contribution in [3.63, 3.8) is 0 Å². The second kappa shape index (κ2) is 5.83. The molecule has 3 N–H and O–H groups in total. The fourth-order valence-electron chi connectivity index (χ4n) is 2.80. The fourth-order valence-corrected chi connectivity index (χ4v) is 2.80. The first-order chi connectivity index (χ1) is 7.36. The predicted octanol–water partition coefficient (Wildman–Crippen LogP) is 0.879. The quantitative estimate of drug-likeness (QED) is 0.651. The van der Waals surface area contributed by atoms with E-state index in [2.05, 4.69) is 10.6 Å². The van der Waals surface area contributed by atoms with Crippen molar-refractivity contribution < 1.29 is 5.11 Å². The molecule has 1 heterocycles. The van der Waals surface area contributed by atoms with E-state index in [1.165, 1.54) is 38.6 Å². The summed E-state index contributed by atoms with van der Waals surface area (Å²) in [7, 11) is 0. The molecule has 0 aromatic heterocycles. The number of hydrogen-bond donors (Lipinski definition) is 3. The molecule has 3 nitrogen and oxygen atoms in total. The molecular formula is C12H24N2O. The van der Waals surface area contributed by atoms with Gasteiger partial charge in [0, 0.05) is 12.6 Å². The molecule has 0 radical (unpaired) electrons. The standard InChI is InChI=1S/C12H24N2O/c15-12-5-1-3-10(12)9-14-11-4-2-7-13-8-6-11/h10-15H,1-9H2. The van der Waals surface area contributed by atoms with Gasteiger partial charge in [0.05, 0.1) is 6.10 Å². The van der Waals surface area contributed by atoms with Gasteiger partial charge in [0.2, 0.25) is 0 Å². The van der Waals surface area contributed by atoms with E-state index in [0.29, 0.717) is 12.0 Å². The summed E-state index contributed by atoms with van der Waals surface area (Å²) in [4.78, 5) is 0. The fraction of sp³-hybridized carbons (Fsp3) is 1.00. The first-order valence-electron chi connectivity index (χ1n) is 6.48. The zero-order valence-electron chi connectivity index (χ0n) is 9.54. The second-order valence-electron chi connectivity index (χ2n) is 5.04. The summed E-state index contributed by atoms with van der Waals surface area (Å²) in [6.45, 7) is 3.33. The molecule has 88 valence electrons. The van der Waals surface area contributed by atoms with Crippen molar-refractivity contribution >= 4 is 0 Å². The molecule has 0 aromatic carbocycles. The SMILES string of the molecule is OC1CCCC1CNC1CCCNCC1. The van der Waals surface area contributed by atoms with Crippen molar-refractivity contribution in [1.82, 2.24) is 10.6 Å². The molecule has 0 amide bonds. The van der Waals surface area contributed by atoms with Crippen molar-refractivity contribution in [2.45, 2.75) is 50.7 Å². The molecule has 0 spiro atoms. The van der Waals surface area contributed by atoms with Gasteiger partial charge < -0.3 is 15.7 Å². The molecule has 2 fully saturated rings. The van der Waals surface area contributed by atoms with E-state index in [1.54, 1.807) is 0 Å². The van der Waals surface area contributed by atoms with Crippen molar-refractivity contribution in [3.05, 3.63) is 0 Å². The minimum atomic E-state index is -0.0404. The number of aliphatic hydroxyl groups excluding tert-OH is 1. The molecule has 1 saturated carbocycles. The van der Waals surface area contributed by atoms with Gasteiger partial charge in [-0.15, -0.1) is 0 Å². The average Bonchev–Trinajstić information content (AvgIpc) is 2.53. The molecular weight excluding hydrogens is 188 g/mol. The van der Waals surface area contributed by atoms with E-state index in [0.717, 1.165) is 19.5 Å². The van der Waals surface area contributed by atoms with E-state index in [1.807, 2.05) is 0 Å². The van der Waals surface area contributed by atoms with Crippen LogP contribution in [0.15, 0.2) is 0 Å². The van der Waals surface area contributed by atoms with Crippen LogP contribution in [0.5, 0.6) is 0 Å². The minimum absolute atomic E-state index is 0.0404. The predicted molar refractivity (Wildman–Crippen MR) is 61.9 cm³/mol. The van der Waals surface area contributed by atoms with Crippen LogP contribution in [0.4, 0.5) is 0 Å². The number of hydrogen-bond acceptors (Lipinski definition) is 3. The lowest BCUT2D eigenvalue weighted by atomic mass is 10.0. The van der Waals surface area contributed by atoms with Gasteiger partial charge in [0.15, 0.2) is 0 Å². The van der Waals surface area contributed by atoms with Gasteiger partial charge in [-0.1, -0.05) is 6.42 Å². The summed E-state index contributed by atoms with van der Waals surface area (Å²) >= 11 is 0. The summed E-state index contributed by atoms with van der Waals surface area (Å²) in [6, 6.07) is 0.674. The van der Waals surface area contributed by atoms with Crippen molar-refractivity contribution in [2.75, 3.05) is 19.6 Å². The Bertz CT molecular complexity index is 178. The highest BCUT2D eigenvalue weighted by Gasteiger charge is 2.25. The monoisotopic (exact) mass is 212 g/mol. The molecule has 0 bridgehead atoms. The van der Waals surface area contributed by atoms with Gasteiger partial charge >= 0.3 is 0 Å². The lowest BCUT2D eigenvalue weighted by molar-refractivity contribution is 0.129. The Labute approximate surface area is 92.6 Å². The van der Waals surface area contributed by atoms with Crippen LogP contribution in [-0.4, -0.2) is 36.9 Å². The zero-order valence-corrected chi connectivity index (χ0v) is 9.54.